The van der Waals surface area contributed by atoms with E-state index in [9.17, 15) is 0 Å². The summed E-state index contributed by atoms with van der Waals surface area (Å²) in [6.45, 7) is 3.84. The summed E-state index contributed by atoms with van der Waals surface area (Å²) in [7, 11) is 0. The summed E-state index contributed by atoms with van der Waals surface area (Å²) in [4.78, 5) is 7.69. The second-order valence-corrected chi connectivity index (χ2v) is 5.59. The van der Waals surface area contributed by atoms with Gasteiger partial charge in [-0.05, 0) is 12.1 Å². The molecule has 0 aliphatic carbocycles. The molecule has 1 fully saturated rings. The van der Waals surface area contributed by atoms with Gasteiger partial charge >= 0.3 is 0 Å². The van der Waals surface area contributed by atoms with Crippen LogP contribution in [-0.4, -0.2) is 43.7 Å². The molecular weight excluding hydrogens is 258 g/mol. The molecule has 0 bridgehead atoms. The van der Waals surface area contributed by atoms with Crippen LogP contribution in [0.15, 0.2) is 17.1 Å². The average Bonchev–Trinajstić information content (AvgIpc) is 2.76. The van der Waals surface area contributed by atoms with Crippen LogP contribution in [0, 0.1) is 0 Å². The molecule has 2 heterocycles. The van der Waals surface area contributed by atoms with Crippen molar-refractivity contribution in [1.29, 1.82) is 0 Å². The van der Waals surface area contributed by atoms with Crippen LogP contribution in [-0.2, 0) is 11.2 Å². The highest BCUT2D eigenvalue weighted by Crippen LogP contribution is 2.21. The highest BCUT2D eigenvalue weighted by atomic mass is 35.5. The van der Waals surface area contributed by atoms with Gasteiger partial charge in [-0.3, -0.25) is 4.99 Å². The Labute approximate surface area is 110 Å². The molecule has 0 radical (unpaired) electrons. The van der Waals surface area contributed by atoms with Crippen molar-refractivity contribution in [2.24, 2.45) is 10.7 Å². The highest BCUT2D eigenvalue weighted by molar-refractivity contribution is 7.16. The van der Waals surface area contributed by atoms with E-state index in [2.05, 4.69) is 9.89 Å². The van der Waals surface area contributed by atoms with Gasteiger partial charge < -0.3 is 15.4 Å². The molecule has 1 aliphatic heterocycles. The molecule has 0 spiro atoms. The highest BCUT2D eigenvalue weighted by Gasteiger charge is 2.11. The summed E-state index contributed by atoms with van der Waals surface area (Å²) in [6, 6.07) is 3.95. The second-order valence-electron chi connectivity index (χ2n) is 3.80. The van der Waals surface area contributed by atoms with E-state index in [1.54, 1.807) is 11.3 Å². The first-order valence-corrected chi connectivity index (χ1v) is 6.82. The van der Waals surface area contributed by atoms with Crippen molar-refractivity contribution in [3.05, 3.63) is 21.3 Å². The summed E-state index contributed by atoms with van der Waals surface area (Å²) in [6.07, 6.45) is 0.891. The molecule has 1 aliphatic rings. The number of rotatable bonds is 3. The first kappa shape index (κ1) is 12.7. The first-order chi connectivity index (χ1) is 8.25. The number of hydrogen-bond acceptors (Lipinski definition) is 3. The number of nitrogens with two attached hydrogens (primary N) is 1. The molecule has 0 saturated carbocycles. The standard InChI is InChI=1S/C11H16ClN3OS/c12-10-2-1-9(17-10)3-4-14-11(13)15-5-7-16-8-6-15/h1-2H,3-8H2,(H2,13,14). The van der Waals surface area contributed by atoms with Gasteiger partial charge in [0.1, 0.15) is 0 Å². The van der Waals surface area contributed by atoms with Gasteiger partial charge in [0.2, 0.25) is 0 Å². The van der Waals surface area contributed by atoms with Crippen LogP contribution in [0.1, 0.15) is 4.88 Å². The van der Waals surface area contributed by atoms with Crippen LogP contribution in [0.25, 0.3) is 0 Å². The van der Waals surface area contributed by atoms with Gasteiger partial charge in [0.05, 0.1) is 17.6 Å². The molecule has 0 aromatic carbocycles. The Balaban J connectivity index is 1.79. The van der Waals surface area contributed by atoms with Crippen LogP contribution in [0.3, 0.4) is 0 Å². The monoisotopic (exact) mass is 273 g/mol. The molecule has 2 N–H and O–H groups in total. The zero-order valence-corrected chi connectivity index (χ0v) is 11.1. The average molecular weight is 274 g/mol. The molecule has 2 rings (SSSR count). The van der Waals surface area contributed by atoms with Gasteiger partial charge in [-0.2, -0.15) is 0 Å². The Kier molecular flexibility index (Phi) is 4.65. The van der Waals surface area contributed by atoms with Crippen LogP contribution >= 0.6 is 22.9 Å². The third-order valence-electron chi connectivity index (χ3n) is 2.60. The molecule has 0 atom stereocenters. The summed E-state index contributed by atoms with van der Waals surface area (Å²) in [5, 5.41) is 0. The zero-order valence-electron chi connectivity index (χ0n) is 9.56. The van der Waals surface area contributed by atoms with Gasteiger partial charge in [-0.25, -0.2) is 0 Å². The van der Waals surface area contributed by atoms with Crippen molar-refractivity contribution < 1.29 is 4.74 Å². The fraction of sp³-hybridized carbons (Fsp3) is 0.545. The minimum absolute atomic E-state index is 0.621. The van der Waals surface area contributed by atoms with E-state index in [4.69, 9.17) is 22.1 Å². The lowest BCUT2D eigenvalue weighted by Crippen LogP contribution is -2.44. The van der Waals surface area contributed by atoms with Crippen molar-refractivity contribution >= 4 is 28.9 Å². The van der Waals surface area contributed by atoms with E-state index in [-0.39, 0.29) is 0 Å². The molecule has 6 heteroatoms. The number of aliphatic imine (C=N–C) groups is 1. The molecule has 0 unspecified atom stereocenters. The molecule has 1 saturated heterocycles. The van der Waals surface area contributed by atoms with Crippen molar-refractivity contribution in [2.75, 3.05) is 32.8 Å². The minimum atomic E-state index is 0.621. The Bertz CT molecular complexity index is 388. The fourth-order valence-corrected chi connectivity index (χ4v) is 2.74. The first-order valence-electron chi connectivity index (χ1n) is 5.62. The van der Waals surface area contributed by atoms with Crippen LogP contribution in [0.4, 0.5) is 0 Å². The van der Waals surface area contributed by atoms with Crippen LogP contribution < -0.4 is 5.73 Å². The fourth-order valence-electron chi connectivity index (χ4n) is 1.66. The van der Waals surface area contributed by atoms with E-state index in [0.717, 1.165) is 37.1 Å². The Morgan fingerprint density at radius 3 is 2.88 bits per heavy atom. The predicted molar refractivity (Wildman–Crippen MR) is 71.9 cm³/mol. The predicted octanol–water partition coefficient (Wildman–Crippen LogP) is 1.59. The number of halogens is 1. The lowest BCUT2D eigenvalue weighted by Gasteiger charge is -2.27. The number of ether oxygens (including phenoxy) is 1. The SMILES string of the molecule is NC(=NCCc1ccc(Cl)s1)N1CCOCC1. The Morgan fingerprint density at radius 1 is 1.47 bits per heavy atom. The lowest BCUT2D eigenvalue weighted by atomic mass is 10.3. The normalized spacial score (nSPS) is 17.5. The van der Waals surface area contributed by atoms with Gasteiger partial charge in [0, 0.05) is 30.9 Å². The number of hydrogen-bond donors (Lipinski definition) is 1. The van der Waals surface area contributed by atoms with Crippen LogP contribution in [0.5, 0.6) is 0 Å². The molecule has 0 amide bonds. The maximum absolute atomic E-state index is 5.92. The Hall–Kier alpha value is -0.780. The summed E-state index contributed by atoms with van der Waals surface area (Å²) < 4.78 is 6.09. The molecule has 94 valence electrons. The molecule has 1 aromatic heterocycles. The second kappa shape index (κ2) is 6.23. The largest absolute Gasteiger partial charge is 0.378 e. The summed E-state index contributed by atoms with van der Waals surface area (Å²) in [5.74, 6) is 0.621. The summed E-state index contributed by atoms with van der Waals surface area (Å²) in [5.41, 5.74) is 5.92. The third-order valence-corrected chi connectivity index (χ3v) is 3.89. The van der Waals surface area contributed by atoms with Gasteiger partial charge in [-0.15, -0.1) is 11.3 Å². The van der Waals surface area contributed by atoms with Gasteiger partial charge in [-0.1, -0.05) is 11.6 Å². The van der Waals surface area contributed by atoms with E-state index in [0.29, 0.717) is 12.5 Å². The third kappa shape index (κ3) is 3.87. The minimum Gasteiger partial charge on any atom is -0.378 e. The smallest absolute Gasteiger partial charge is 0.191 e. The lowest BCUT2D eigenvalue weighted by molar-refractivity contribution is 0.0674. The quantitative estimate of drug-likeness (QED) is 0.672. The topological polar surface area (TPSA) is 50.8 Å². The molecular formula is C11H16ClN3OS. The van der Waals surface area contributed by atoms with E-state index in [1.165, 1.54) is 4.88 Å². The van der Waals surface area contributed by atoms with E-state index in [1.807, 2.05) is 12.1 Å². The van der Waals surface area contributed by atoms with Crippen molar-refractivity contribution in [1.82, 2.24) is 4.90 Å². The van der Waals surface area contributed by atoms with E-state index < -0.39 is 0 Å². The Morgan fingerprint density at radius 2 is 2.24 bits per heavy atom. The summed E-state index contributed by atoms with van der Waals surface area (Å²) >= 11 is 7.46. The maximum Gasteiger partial charge on any atom is 0.191 e. The number of morpholine rings is 1. The molecule has 4 nitrogen and oxygen atoms in total. The van der Waals surface area contributed by atoms with Gasteiger partial charge in [0.25, 0.3) is 0 Å². The van der Waals surface area contributed by atoms with E-state index >= 15 is 0 Å². The van der Waals surface area contributed by atoms with Crippen molar-refractivity contribution in [3.8, 4) is 0 Å². The maximum atomic E-state index is 5.92. The van der Waals surface area contributed by atoms with Crippen molar-refractivity contribution in [3.63, 3.8) is 0 Å². The number of thiophene rings is 1. The molecule has 17 heavy (non-hydrogen) atoms. The van der Waals surface area contributed by atoms with Crippen molar-refractivity contribution in [2.45, 2.75) is 6.42 Å². The van der Waals surface area contributed by atoms with Gasteiger partial charge in [0.15, 0.2) is 5.96 Å². The zero-order chi connectivity index (χ0) is 12.1. The number of nitrogens with zero attached hydrogens (tertiary/aromatic N) is 2. The molecule has 1 aromatic rings. The van der Waals surface area contributed by atoms with Crippen LogP contribution in [0.2, 0.25) is 4.34 Å². The number of guanidine groups is 1.